The summed E-state index contributed by atoms with van der Waals surface area (Å²) < 4.78 is 0. The van der Waals surface area contributed by atoms with Gasteiger partial charge in [0.25, 0.3) is 0 Å². The van der Waals surface area contributed by atoms with Crippen molar-refractivity contribution in [2.75, 3.05) is 5.32 Å². The third kappa shape index (κ3) is 3.18. The van der Waals surface area contributed by atoms with Crippen LogP contribution in [0.5, 0.6) is 0 Å². The van der Waals surface area contributed by atoms with Gasteiger partial charge >= 0.3 is 5.97 Å². The number of hydrogen-bond donors (Lipinski definition) is 2. The smallest absolute Gasteiger partial charge is 0.355 e. The van der Waals surface area contributed by atoms with Crippen molar-refractivity contribution in [3.63, 3.8) is 0 Å². The van der Waals surface area contributed by atoms with Crippen molar-refractivity contribution in [2.24, 2.45) is 0 Å². The zero-order chi connectivity index (χ0) is 14.7. The van der Waals surface area contributed by atoms with Gasteiger partial charge in [-0.3, -0.25) is 0 Å². The minimum Gasteiger partial charge on any atom is -0.476 e. The largest absolute Gasteiger partial charge is 0.476 e. The third-order valence-electron chi connectivity index (χ3n) is 3.55. The second kappa shape index (κ2) is 6.17. The maximum absolute atomic E-state index is 10.8. The maximum Gasteiger partial charge on any atom is 0.355 e. The molecule has 0 aromatic carbocycles. The van der Waals surface area contributed by atoms with Crippen LogP contribution >= 0.6 is 11.3 Å². The molecule has 0 bridgehead atoms. The first-order valence-electron chi connectivity index (χ1n) is 6.98. The van der Waals surface area contributed by atoms with Crippen molar-refractivity contribution in [2.45, 2.75) is 38.6 Å². The summed E-state index contributed by atoms with van der Waals surface area (Å²) in [6.45, 7) is 0.487. The van der Waals surface area contributed by atoms with Crippen LogP contribution in [0.1, 0.15) is 46.0 Å². The Kier molecular flexibility index (Phi) is 4.10. The summed E-state index contributed by atoms with van der Waals surface area (Å²) in [6.07, 6.45) is 7.17. The van der Waals surface area contributed by atoms with E-state index >= 15 is 0 Å². The van der Waals surface area contributed by atoms with Crippen LogP contribution in [0, 0.1) is 0 Å². The number of anilines is 1. The molecule has 0 unspecified atom stereocenters. The van der Waals surface area contributed by atoms with Gasteiger partial charge in [-0.1, -0.05) is 6.42 Å². The fourth-order valence-corrected chi connectivity index (χ4v) is 3.21. The number of aryl methyl sites for hydroxylation is 1. The zero-order valence-corrected chi connectivity index (χ0v) is 12.3. The Morgan fingerprint density at radius 1 is 1.29 bits per heavy atom. The molecular formula is C14H16N4O2S. The Morgan fingerprint density at radius 3 is 2.95 bits per heavy atom. The molecule has 6 nitrogen and oxygen atoms in total. The van der Waals surface area contributed by atoms with Crippen molar-refractivity contribution in [3.8, 4) is 0 Å². The zero-order valence-electron chi connectivity index (χ0n) is 11.5. The van der Waals surface area contributed by atoms with Gasteiger partial charge in [0.2, 0.25) is 0 Å². The Bertz CT molecular complexity index is 656. The fourth-order valence-electron chi connectivity index (χ4n) is 2.50. The molecule has 0 saturated heterocycles. The van der Waals surface area contributed by atoms with Crippen molar-refractivity contribution in [1.29, 1.82) is 0 Å². The summed E-state index contributed by atoms with van der Waals surface area (Å²) in [7, 11) is 0. The maximum atomic E-state index is 10.8. The van der Waals surface area contributed by atoms with Crippen LogP contribution < -0.4 is 5.32 Å². The lowest BCUT2D eigenvalue weighted by Gasteiger charge is -2.11. The Morgan fingerprint density at radius 2 is 2.14 bits per heavy atom. The number of hydrogen-bond acceptors (Lipinski definition) is 6. The first kappa shape index (κ1) is 13.9. The van der Waals surface area contributed by atoms with Crippen LogP contribution in [0.2, 0.25) is 0 Å². The van der Waals surface area contributed by atoms with Crippen LogP contribution in [0.4, 0.5) is 5.82 Å². The predicted octanol–water partition coefficient (Wildman–Crippen LogP) is 2.51. The highest BCUT2D eigenvalue weighted by Gasteiger charge is 2.15. The number of aromatic nitrogens is 3. The fraction of sp³-hybridized carbons (Fsp3) is 0.429. The molecule has 0 fully saturated rings. The molecular weight excluding hydrogens is 288 g/mol. The number of rotatable bonds is 4. The van der Waals surface area contributed by atoms with Gasteiger partial charge in [0, 0.05) is 16.6 Å². The summed E-state index contributed by atoms with van der Waals surface area (Å²) in [4.78, 5) is 23.6. The number of fused-ring (bicyclic) bond motifs is 1. The molecule has 1 aliphatic carbocycles. The lowest BCUT2D eigenvalue weighted by molar-refractivity contribution is 0.0691. The van der Waals surface area contributed by atoms with E-state index in [-0.39, 0.29) is 5.69 Å². The first-order chi connectivity index (χ1) is 10.2. The average Bonchev–Trinajstić information content (AvgIpc) is 2.82. The number of carbonyl (C=O) groups is 1. The lowest BCUT2D eigenvalue weighted by atomic mass is 10.1. The van der Waals surface area contributed by atoms with Crippen molar-refractivity contribution < 1.29 is 9.90 Å². The minimum absolute atomic E-state index is 0.0957. The summed E-state index contributed by atoms with van der Waals surface area (Å²) in [5, 5.41) is 14.4. The Labute approximate surface area is 126 Å². The Balaban J connectivity index is 1.74. The van der Waals surface area contributed by atoms with E-state index in [0.717, 1.165) is 35.8 Å². The predicted molar refractivity (Wildman–Crippen MR) is 79.7 cm³/mol. The third-order valence-corrected chi connectivity index (χ3v) is 4.40. The molecule has 21 heavy (non-hydrogen) atoms. The van der Waals surface area contributed by atoms with E-state index in [2.05, 4.69) is 20.3 Å². The highest BCUT2D eigenvalue weighted by atomic mass is 32.1. The van der Waals surface area contributed by atoms with E-state index < -0.39 is 5.97 Å². The van der Waals surface area contributed by atoms with Gasteiger partial charge in [-0.25, -0.2) is 19.7 Å². The van der Waals surface area contributed by atoms with Crippen LogP contribution in [0.25, 0.3) is 0 Å². The van der Waals surface area contributed by atoms with Gasteiger partial charge in [0.05, 0.1) is 6.54 Å². The van der Waals surface area contributed by atoms with Crippen molar-refractivity contribution >= 4 is 23.1 Å². The average molecular weight is 304 g/mol. The summed E-state index contributed by atoms with van der Waals surface area (Å²) in [5.74, 6) is -0.137. The summed E-state index contributed by atoms with van der Waals surface area (Å²) >= 11 is 1.34. The SMILES string of the molecule is O=C(O)c1csc(CNc2ncnc3c2CCCCC3)n1. The lowest BCUT2D eigenvalue weighted by Crippen LogP contribution is -2.08. The van der Waals surface area contributed by atoms with Gasteiger partial charge in [-0.2, -0.15) is 0 Å². The van der Waals surface area contributed by atoms with E-state index in [4.69, 9.17) is 5.11 Å². The minimum atomic E-state index is -0.992. The number of nitrogens with one attached hydrogen (secondary N) is 1. The number of carboxylic acids is 1. The molecule has 110 valence electrons. The molecule has 3 rings (SSSR count). The molecule has 0 saturated carbocycles. The quantitative estimate of drug-likeness (QED) is 0.844. The van der Waals surface area contributed by atoms with Crippen LogP contribution in [-0.2, 0) is 19.4 Å². The second-order valence-electron chi connectivity index (χ2n) is 4.99. The molecule has 1 aliphatic rings. The van der Waals surface area contributed by atoms with Crippen LogP contribution in [-0.4, -0.2) is 26.0 Å². The topological polar surface area (TPSA) is 88.0 Å². The molecule has 0 atom stereocenters. The van der Waals surface area contributed by atoms with E-state index in [0.29, 0.717) is 6.54 Å². The van der Waals surface area contributed by atoms with E-state index in [1.165, 1.54) is 29.7 Å². The molecule has 2 aromatic rings. The Hall–Kier alpha value is -2.02. The van der Waals surface area contributed by atoms with Gasteiger partial charge < -0.3 is 10.4 Å². The molecule has 7 heteroatoms. The standard InChI is InChI=1S/C14H16N4O2S/c19-14(20)11-7-21-12(18-11)6-15-13-9-4-2-1-3-5-10(9)16-8-17-13/h7-8H,1-6H2,(H,19,20)(H,15,16,17). The first-order valence-corrected chi connectivity index (χ1v) is 7.86. The normalized spacial score (nSPS) is 14.3. The second-order valence-corrected chi connectivity index (χ2v) is 5.94. The number of aromatic carboxylic acids is 1. The molecule has 0 radical (unpaired) electrons. The monoisotopic (exact) mass is 304 g/mol. The molecule has 2 aromatic heterocycles. The van der Waals surface area contributed by atoms with Gasteiger partial charge in [0.1, 0.15) is 17.2 Å². The molecule has 0 spiro atoms. The summed E-state index contributed by atoms with van der Waals surface area (Å²) in [5.41, 5.74) is 2.43. The number of nitrogens with zero attached hydrogens (tertiary/aromatic N) is 3. The van der Waals surface area contributed by atoms with Gasteiger partial charge in [-0.15, -0.1) is 11.3 Å². The van der Waals surface area contributed by atoms with Crippen molar-refractivity contribution in [3.05, 3.63) is 33.7 Å². The van der Waals surface area contributed by atoms with E-state index in [9.17, 15) is 4.79 Å². The number of thiazole rings is 1. The van der Waals surface area contributed by atoms with E-state index in [1.807, 2.05) is 0 Å². The molecule has 2 heterocycles. The van der Waals surface area contributed by atoms with Crippen LogP contribution in [0.3, 0.4) is 0 Å². The van der Waals surface area contributed by atoms with Crippen molar-refractivity contribution in [1.82, 2.24) is 15.0 Å². The molecule has 0 aliphatic heterocycles. The van der Waals surface area contributed by atoms with E-state index in [1.54, 1.807) is 11.7 Å². The highest BCUT2D eigenvalue weighted by Crippen LogP contribution is 2.24. The van der Waals surface area contributed by atoms with Gasteiger partial charge in [0.15, 0.2) is 5.69 Å². The van der Waals surface area contributed by atoms with Crippen LogP contribution in [0.15, 0.2) is 11.7 Å². The highest BCUT2D eigenvalue weighted by molar-refractivity contribution is 7.09. The number of carboxylic acid groups (broad SMARTS) is 1. The molecule has 2 N–H and O–H groups in total. The summed E-state index contributed by atoms with van der Waals surface area (Å²) in [6, 6.07) is 0. The van der Waals surface area contributed by atoms with Gasteiger partial charge in [-0.05, 0) is 25.7 Å². The molecule has 0 amide bonds.